The second kappa shape index (κ2) is 8.43. The molecule has 0 N–H and O–H groups in total. The summed E-state index contributed by atoms with van der Waals surface area (Å²) in [6.45, 7) is 6.60. The molecule has 0 heterocycles. The zero-order valence-electron chi connectivity index (χ0n) is 12.3. The topological polar surface area (TPSA) is 52.6 Å². The van der Waals surface area contributed by atoms with Crippen molar-refractivity contribution in [2.75, 3.05) is 13.2 Å². The fourth-order valence-electron chi connectivity index (χ4n) is 2.73. The molecule has 2 atom stereocenters. The third-order valence-corrected chi connectivity index (χ3v) is 3.67. The summed E-state index contributed by atoms with van der Waals surface area (Å²) in [4.78, 5) is 24.3. The SMILES string of the molecule is CCCC1CCC(=O)C(C(=O)C(OCC)OCC)C1. The first-order valence-electron chi connectivity index (χ1n) is 7.43. The van der Waals surface area contributed by atoms with E-state index in [-0.39, 0.29) is 11.6 Å². The van der Waals surface area contributed by atoms with Crippen LogP contribution in [0.15, 0.2) is 0 Å². The molecule has 0 aromatic carbocycles. The second-order valence-corrected chi connectivity index (χ2v) is 5.09. The molecule has 19 heavy (non-hydrogen) atoms. The Bertz CT molecular complexity index is 295. The molecule has 4 nitrogen and oxygen atoms in total. The number of carbonyl (C=O) groups excluding carboxylic acids is 2. The largest absolute Gasteiger partial charge is 0.346 e. The Labute approximate surface area is 115 Å². The molecular weight excluding hydrogens is 244 g/mol. The Morgan fingerprint density at radius 1 is 1.26 bits per heavy atom. The number of ether oxygens (including phenoxy) is 2. The number of ketones is 2. The molecule has 1 aliphatic carbocycles. The van der Waals surface area contributed by atoms with E-state index in [0.717, 1.165) is 19.3 Å². The molecule has 0 radical (unpaired) electrons. The number of hydrogen-bond acceptors (Lipinski definition) is 4. The van der Waals surface area contributed by atoms with Gasteiger partial charge in [0.25, 0.3) is 0 Å². The Balaban J connectivity index is 2.67. The van der Waals surface area contributed by atoms with Crippen molar-refractivity contribution >= 4 is 11.6 Å². The second-order valence-electron chi connectivity index (χ2n) is 5.09. The van der Waals surface area contributed by atoms with Gasteiger partial charge < -0.3 is 9.47 Å². The quantitative estimate of drug-likeness (QED) is 0.502. The lowest BCUT2D eigenvalue weighted by atomic mass is 9.76. The van der Waals surface area contributed by atoms with Crippen LogP contribution in [0.2, 0.25) is 0 Å². The number of Topliss-reactive ketones (excluding diaryl/α,β-unsaturated/α-hetero) is 2. The van der Waals surface area contributed by atoms with Gasteiger partial charge in [-0.3, -0.25) is 9.59 Å². The van der Waals surface area contributed by atoms with Crippen molar-refractivity contribution in [3.8, 4) is 0 Å². The summed E-state index contributed by atoms with van der Waals surface area (Å²) in [6.07, 6.45) is 3.42. The fourth-order valence-corrected chi connectivity index (χ4v) is 2.73. The van der Waals surface area contributed by atoms with Crippen LogP contribution in [0.4, 0.5) is 0 Å². The molecule has 1 saturated carbocycles. The third kappa shape index (κ3) is 4.69. The summed E-state index contributed by atoms with van der Waals surface area (Å²) in [5.74, 6) is -0.162. The van der Waals surface area contributed by atoms with Crippen molar-refractivity contribution < 1.29 is 19.1 Å². The van der Waals surface area contributed by atoms with E-state index in [0.29, 0.717) is 32.0 Å². The first-order valence-corrected chi connectivity index (χ1v) is 7.43. The van der Waals surface area contributed by atoms with E-state index < -0.39 is 12.2 Å². The van der Waals surface area contributed by atoms with E-state index in [1.807, 2.05) is 13.8 Å². The zero-order valence-corrected chi connectivity index (χ0v) is 12.3. The first-order chi connectivity index (χ1) is 9.13. The molecule has 4 heteroatoms. The van der Waals surface area contributed by atoms with Crippen molar-refractivity contribution in [3.05, 3.63) is 0 Å². The molecule has 110 valence electrons. The Morgan fingerprint density at radius 2 is 1.89 bits per heavy atom. The summed E-state index contributed by atoms with van der Waals surface area (Å²) < 4.78 is 10.6. The average Bonchev–Trinajstić information content (AvgIpc) is 2.40. The molecule has 0 aliphatic heterocycles. The maximum absolute atomic E-state index is 12.4. The molecule has 0 saturated heterocycles. The maximum atomic E-state index is 12.4. The predicted molar refractivity (Wildman–Crippen MR) is 72.8 cm³/mol. The van der Waals surface area contributed by atoms with Gasteiger partial charge >= 0.3 is 0 Å². The molecular formula is C15H26O4. The van der Waals surface area contributed by atoms with Crippen molar-refractivity contribution in [1.29, 1.82) is 0 Å². The van der Waals surface area contributed by atoms with Crippen LogP contribution in [0.25, 0.3) is 0 Å². The summed E-state index contributed by atoms with van der Waals surface area (Å²) >= 11 is 0. The van der Waals surface area contributed by atoms with Crippen molar-refractivity contribution in [2.24, 2.45) is 11.8 Å². The number of hydrogen-bond donors (Lipinski definition) is 0. The molecule has 0 spiro atoms. The van der Waals surface area contributed by atoms with E-state index in [2.05, 4.69) is 6.92 Å². The van der Waals surface area contributed by atoms with E-state index in [1.165, 1.54) is 0 Å². The van der Waals surface area contributed by atoms with E-state index >= 15 is 0 Å². The molecule has 0 aromatic rings. The molecule has 2 unspecified atom stereocenters. The van der Waals surface area contributed by atoms with Gasteiger partial charge in [-0.15, -0.1) is 0 Å². The summed E-state index contributed by atoms with van der Waals surface area (Å²) in [5.41, 5.74) is 0. The lowest BCUT2D eigenvalue weighted by Gasteiger charge is -2.29. The van der Waals surface area contributed by atoms with Crippen molar-refractivity contribution in [1.82, 2.24) is 0 Å². The Morgan fingerprint density at radius 3 is 2.42 bits per heavy atom. The van der Waals surface area contributed by atoms with E-state index in [1.54, 1.807) is 0 Å². The van der Waals surface area contributed by atoms with Crippen LogP contribution < -0.4 is 0 Å². The summed E-state index contributed by atoms with van der Waals surface area (Å²) in [7, 11) is 0. The molecule has 0 aromatic heterocycles. The van der Waals surface area contributed by atoms with Crippen molar-refractivity contribution in [3.63, 3.8) is 0 Å². The van der Waals surface area contributed by atoms with Gasteiger partial charge in [0, 0.05) is 19.6 Å². The van der Waals surface area contributed by atoms with Gasteiger partial charge in [-0.2, -0.15) is 0 Å². The zero-order chi connectivity index (χ0) is 14.3. The molecule has 0 bridgehead atoms. The maximum Gasteiger partial charge on any atom is 0.218 e. The minimum Gasteiger partial charge on any atom is -0.346 e. The van der Waals surface area contributed by atoms with Crippen LogP contribution in [0.1, 0.15) is 52.9 Å². The minimum atomic E-state index is -0.871. The standard InChI is InChI=1S/C15H26O4/c1-4-7-11-8-9-13(16)12(10-11)14(17)15(18-5-2)19-6-3/h11-12,15H,4-10H2,1-3H3. The van der Waals surface area contributed by atoms with Crippen molar-refractivity contribution in [2.45, 2.75) is 59.2 Å². The number of rotatable bonds is 8. The predicted octanol–water partition coefficient (Wildman–Crippen LogP) is 2.74. The van der Waals surface area contributed by atoms with Crippen LogP contribution in [0, 0.1) is 11.8 Å². The van der Waals surface area contributed by atoms with Gasteiger partial charge in [-0.05, 0) is 32.6 Å². The number of carbonyl (C=O) groups is 2. The Kier molecular flexibility index (Phi) is 7.24. The summed E-state index contributed by atoms with van der Waals surface area (Å²) in [5, 5.41) is 0. The minimum absolute atomic E-state index is 0.0572. The highest BCUT2D eigenvalue weighted by Gasteiger charge is 2.37. The van der Waals surface area contributed by atoms with Crippen LogP contribution >= 0.6 is 0 Å². The average molecular weight is 270 g/mol. The molecule has 0 amide bonds. The van der Waals surface area contributed by atoms with Gasteiger partial charge in [0.15, 0.2) is 5.78 Å². The van der Waals surface area contributed by atoms with E-state index in [4.69, 9.17) is 9.47 Å². The van der Waals surface area contributed by atoms with Gasteiger partial charge in [-0.25, -0.2) is 0 Å². The molecule has 1 rings (SSSR count). The summed E-state index contributed by atoms with van der Waals surface area (Å²) in [6, 6.07) is 0. The lowest BCUT2D eigenvalue weighted by Crippen LogP contribution is -2.40. The Hall–Kier alpha value is -0.740. The van der Waals surface area contributed by atoms with Gasteiger partial charge in [0.1, 0.15) is 5.78 Å². The van der Waals surface area contributed by atoms with Crippen LogP contribution in [0.3, 0.4) is 0 Å². The highest BCUT2D eigenvalue weighted by molar-refractivity contribution is 6.04. The van der Waals surface area contributed by atoms with Crippen LogP contribution in [-0.4, -0.2) is 31.1 Å². The van der Waals surface area contributed by atoms with Gasteiger partial charge in [0.2, 0.25) is 6.29 Å². The van der Waals surface area contributed by atoms with Crippen LogP contribution in [-0.2, 0) is 19.1 Å². The van der Waals surface area contributed by atoms with Gasteiger partial charge in [0.05, 0.1) is 5.92 Å². The highest BCUT2D eigenvalue weighted by atomic mass is 16.7. The lowest BCUT2D eigenvalue weighted by molar-refractivity contribution is -0.174. The molecule has 1 fully saturated rings. The van der Waals surface area contributed by atoms with E-state index in [9.17, 15) is 9.59 Å². The normalized spacial score (nSPS) is 23.9. The fraction of sp³-hybridized carbons (Fsp3) is 0.867. The molecule has 1 aliphatic rings. The third-order valence-electron chi connectivity index (χ3n) is 3.67. The van der Waals surface area contributed by atoms with Gasteiger partial charge in [-0.1, -0.05) is 19.8 Å². The highest BCUT2D eigenvalue weighted by Crippen LogP contribution is 2.31. The van der Waals surface area contributed by atoms with Crippen LogP contribution in [0.5, 0.6) is 0 Å². The monoisotopic (exact) mass is 270 g/mol. The first kappa shape index (κ1) is 16.3. The smallest absolute Gasteiger partial charge is 0.218 e.